The number of halogens is 1. The molecule has 1 N–H and O–H groups in total. The number of nitrogens with zero attached hydrogens (tertiary/aromatic N) is 1. The van der Waals surface area contributed by atoms with Crippen LogP contribution in [0.1, 0.15) is 10.4 Å². The molecule has 0 saturated heterocycles. The number of rotatable bonds is 5. The predicted octanol–water partition coefficient (Wildman–Crippen LogP) is 1.32. The smallest absolute Gasteiger partial charge is 0.255 e. The molecule has 0 saturated carbocycles. The lowest BCUT2D eigenvalue weighted by atomic mass is 10.2. The molecule has 0 fully saturated rings. The van der Waals surface area contributed by atoms with Crippen molar-refractivity contribution in [1.82, 2.24) is 10.3 Å². The van der Waals surface area contributed by atoms with E-state index in [0.717, 1.165) is 0 Å². The second-order valence-corrected chi connectivity index (χ2v) is 3.96. The van der Waals surface area contributed by atoms with Gasteiger partial charge in [0.1, 0.15) is 0 Å². The van der Waals surface area contributed by atoms with Gasteiger partial charge in [-0.1, -0.05) is 5.92 Å². The first kappa shape index (κ1) is 12.5. The van der Waals surface area contributed by atoms with Gasteiger partial charge in [0.2, 0.25) is 5.95 Å². The predicted molar refractivity (Wildman–Crippen MR) is 62.7 cm³/mol. The van der Waals surface area contributed by atoms with Gasteiger partial charge in [-0.25, -0.2) is 4.98 Å². The molecule has 0 aliphatic carbocycles. The molecule has 3 nitrogen and oxygen atoms in total. The van der Waals surface area contributed by atoms with Crippen LogP contribution in [0.15, 0.2) is 18.3 Å². The van der Waals surface area contributed by atoms with Gasteiger partial charge in [0.05, 0.1) is 11.3 Å². The van der Waals surface area contributed by atoms with E-state index in [9.17, 15) is 9.18 Å². The maximum absolute atomic E-state index is 13.1. The zero-order valence-electron chi connectivity index (χ0n) is 8.57. The minimum atomic E-state index is -0.753. The molecule has 1 heterocycles. The van der Waals surface area contributed by atoms with E-state index in [-0.39, 0.29) is 5.56 Å². The molecular formula is C11H11FN2OS. The maximum atomic E-state index is 13.1. The SMILES string of the molecule is C#CCSCCNC(=O)c1cccnc1F. The fraction of sp³-hybridized carbons (Fsp3) is 0.273. The van der Waals surface area contributed by atoms with Gasteiger partial charge in [0.25, 0.3) is 5.91 Å². The summed E-state index contributed by atoms with van der Waals surface area (Å²) in [7, 11) is 0. The fourth-order valence-electron chi connectivity index (χ4n) is 1.02. The van der Waals surface area contributed by atoms with E-state index >= 15 is 0 Å². The number of aromatic nitrogens is 1. The Morgan fingerprint density at radius 2 is 2.50 bits per heavy atom. The first-order chi connectivity index (χ1) is 7.75. The lowest BCUT2D eigenvalue weighted by Gasteiger charge is -2.04. The summed E-state index contributed by atoms with van der Waals surface area (Å²) >= 11 is 1.53. The van der Waals surface area contributed by atoms with Gasteiger partial charge in [-0.2, -0.15) is 4.39 Å². The van der Waals surface area contributed by atoms with Crippen molar-refractivity contribution in [2.45, 2.75) is 0 Å². The standard InChI is InChI=1S/C11H11FN2OS/c1-2-7-16-8-6-14-11(15)9-4-3-5-13-10(9)12/h1,3-5H,6-8H2,(H,14,15). The van der Waals surface area contributed by atoms with Gasteiger partial charge in [-0.3, -0.25) is 4.79 Å². The Balaban J connectivity index is 2.36. The fourth-order valence-corrected chi connectivity index (χ4v) is 1.53. The number of thioether (sulfide) groups is 1. The summed E-state index contributed by atoms with van der Waals surface area (Å²) in [5.74, 6) is 2.59. The molecule has 0 aromatic carbocycles. The van der Waals surface area contributed by atoms with Crippen molar-refractivity contribution >= 4 is 17.7 Å². The molecule has 0 aliphatic heterocycles. The Morgan fingerprint density at radius 3 is 3.19 bits per heavy atom. The Hall–Kier alpha value is -1.54. The van der Waals surface area contributed by atoms with Gasteiger partial charge < -0.3 is 5.32 Å². The first-order valence-corrected chi connectivity index (χ1v) is 5.81. The minimum Gasteiger partial charge on any atom is -0.351 e. The van der Waals surface area contributed by atoms with Crippen molar-refractivity contribution in [1.29, 1.82) is 0 Å². The molecule has 0 bridgehead atoms. The first-order valence-electron chi connectivity index (χ1n) is 4.65. The monoisotopic (exact) mass is 238 g/mol. The van der Waals surface area contributed by atoms with E-state index in [2.05, 4.69) is 16.2 Å². The van der Waals surface area contributed by atoms with Crippen molar-refractivity contribution in [3.8, 4) is 12.3 Å². The average molecular weight is 238 g/mol. The Labute approximate surface area is 97.8 Å². The van der Waals surface area contributed by atoms with E-state index in [1.807, 2.05) is 0 Å². The van der Waals surface area contributed by atoms with E-state index in [1.165, 1.54) is 30.1 Å². The number of hydrogen-bond acceptors (Lipinski definition) is 3. The number of hydrogen-bond donors (Lipinski definition) is 1. The van der Waals surface area contributed by atoms with Crippen LogP contribution in [0.25, 0.3) is 0 Å². The van der Waals surface area contributed by atoms with E-state index < -0.39 is 11.9 Å². The summed E-state index contributed by atoms with van der Waals surface area (Å²) < 4.78 is 13.1. The Morgan fingerprint density at radius 1 is 1.69 bits per heavy atom. The molecule has 84 valence electrons. The topological polar surface area (TPSA) is 42.0 Å². The van der Waals surface area contributed by atoms with Crippen molar-refractivity contribution in [3.63, 3.8) is 0 Å². The van der Waals surface area contributed by atoms with Crippen LogP contribution in [0.3, 0.4) is 0 Å². The van der Waals surface area contributed by atoms with Gasteiger partial charge >= 0.3 is 0 Å². The van der Waals surface area contributed by atoms with E-state index in [0.29, 0.717) is 18.1 Å². The molecule has 1 rings (SSSR count). The van der Waals surface area contributed by atoms with Crippen LogP contribution in [0, 0.1) is 18.3 Å². The molecular weight excluding hydrogens is 227 g/mol. The summed E-state index contributed by atoms with van der Waals surface area (Å²) in [6, 6.07) is 2.91. The van der Waals surface area contributed by atoms with Gasteiger partial charge in [0, 0.05) is 18.5 Å². The third-order valence-corrected chi connectivity index (χ3v) is 2.58. The lowest BCUT2D eigenvalue weighted by molar-refractivity contribution is 0.0951. The third-order valence-electron chi connectivity index (χ3n) is 1.72. The molecule has 1 amide bonds. The van der Waals surface area contributed by atoms with Crippen LogP contribution in [-0.4, -0.2) is 28.9 Å². The highest BCUT2D eigenvalue weighted by Crippen LogP contribution is 2.02. The van der Waals surface area contributed by atoms with Gasteiger partial charge in [0.15, 0.2) is 0 Å². The van der Waals surface area contributed by atoms with Crippen LogP contribution < -0.4 is 5.32 Å². The van der Waals surface area contributed by atoms with Crippen molar-refractivity contribution in [2.75, 3.05) is 18.1 Å². The molecule has 0 radical (unpaired) electrons. The second-order valence-electron chi connectivity index (χ2n) is 2.85. The van der Waals surface area contributed by atoms with Crippen LogP contribution in [0.5, 0.6) is 0 Å². The normalized spacial score (nSPS) is 9.50. The lowest BCUT2D eigenvalue weighted by Crippen LogP contribution is -2.26. The summed E-state index contributed by atoms with van der Waals surface area (Å²) in [6.07, 6.45) is 6.37. The average Bonchev–Trinajstić information content (AvgIpc) is 2.29. The number of pyridine rings is 1. The molecule has 1 aromatic heterocycles. The highest BCUT2D eigenvalue weighted by Gasteiger charge is 2.10. The zero-order chi connectivity index (χ0) is 11.8. The third kappa shape index (κ3) is 3.91. The number of nitrogens with one attached hydrogen (secondary N) is 1. The summed E-state index contributed by atoms with van der Waals surface area (Å²) in [6.45, 7) is 0.458. The van der Waals surface area contributed by atoms with Crippen molar-refractivity contribution in [3.05, 3.63) is 29.8 Å². The highest BCUT2D eigenvalue weighted by molar-refractivity contribution is 7.99. The van der Waals surface area contributed by atoms with E-state index in [4.69, 9.17) is 6.42 Å². The quantitative estimate of drug-likeness (QED) is 0.478. The van der Waals surface area contributed by atoms with Crippen LogP contribution in [0.2, 0.25) is 0 Å². The molecule has 0 unspecified atom stereocenters. The van der Waals surface area contributed by atoms with Gasteiger partial charge in [-0.15, -0.1) is 18.2 Å². The number of terminal acetylenes is 1. The molecule has 16 heavy (non-hydrogen) atoms. The molecule has 0 spiro atoms. The summed E-state index contributed by atoms with van der Waals surface area (Å²) in [4.78, 5) is 14.9. The maximum Gasteiger partial charge on any atom is 0.255 e. The Kier molecular flexibility index (Phi) is 5.37. The van der Waals surface area contributed by atoms with Gasteiger partial charge in [-0.05, 0) is 12.1 Å². The van der Waals surface area contributed by atoms with E-state index in [1.54, 1.807) is 0 Å². The van der Waals surface area contributed by atoms with Crippen LogP contribution in [0.4, 0.5) is 4.39 Å². The highest BCUT2D eigenvalue weighted by atomic mass is 32.2. The molecule has 0 atom stereocenters. The van der Waals surface area contributed by atoms with Crippen molar-refractivity contribution < 1.29 is 9.18 Å². The van der Waals surface area contributed by atoms with Crippen LogP contribution in [-0.2, 0) is 0 Å². The largest absolute Gasteiger partial charge is 0.351 e. The molecule has 0 aliphatic rings. The van der Waals surface area contributed by atoms with Crippen LogP contribution >= 0.6 is 11.8 Å². The Bertz CT molecular complexity index is 403. The second kappa shape index (κ2) is 6.85. The molecule has 1 aromatic rings. The molecule has 5 heteroatoms. The number of amides is 1. The zero-order valence-corrected chi connectivity index (χ0v) is 9.39. The number of carbonyl (C=O) groups is 1. The minimum absolute atomic E-state index is 0.0375. The number of carbonyl (C=O) groups excluding carboxylic acids is 1. The summed E-state index contributed by atoms with van der Waals surface area (Å²) in [5, 5.41) is 2.59. The summed E-state index contributed by atoms with van der Waals surface area (Å²) in [5.41, 5.74) is -0.0375. The van der Waals surface area contributed by atoms with Crippen molar-refractivity contribution in [2.24, 2.45) is 0 Å².